The minimum Gasteiger partial charge on any atom is -0.369 e. The Labute approximate surface area is 133 Å². The van der Waals surface area contributed by atoms with Crippen LogP contribution in [0, 0.1) is 6.07 Å². The van der Waals surface area contributed by atoms with E-state index < -0.39 is 0 Å². The largest absolute Gasteiger partial charge is 0.369 e. The van der Waals surface area contributed by atoms with Crippen LogP contribution in [0.25, 0.3) is 5.57 Å². The van der Waals surface area contributed by atoms with Gasteiger partial charge in [-0.25, -0.2) is 0 Å². The Balaban J connectivity index is 1.66. The average molecular weight is 297 g/mol. The molecule has 3 heteroatoms. The smallest absolute Gasteiger partial charge is 0.231 e. The molecule has 117 valence electrons. The molecule has 1 aromatic rings. The number of carbonyl (C=O) groups excluding carboxylic acids is 1. The summed E-state index contributed by atoms with van der Waals surface area (Å²) in [5, 5.41) is 0. The van der Waals surface area contributed by atoms with Crippen LogP contribution in [-0.4, -0.2) is 30.4 Å². The molecule has 2 aliphatic rings. The summed E-state index contributed by atoms with van der Waals surface area (Å²) in [5.41, 5.74) is 9.47. The molecule has 3 rings (SSSR count). The van der Waals surface area contributed by atoms with E-state index in [1.54, 1.807) is 0 Å². The van der Waals surface area contributed by atoms with Crippen LogP contribution in [0.5, 0.6) is 0 Å². The number of likely N-dealkylation sites (tertiary alicyclic amines) is 1. The van der Waals surface area contributed by atoms with Gasteiger partial charge in [0.25, 0.3) is 0 Å². The molecule has 2 N–H and O–H groups in total. The second-order valence-corrected chi connectivity index (χ2v) is 6.53. The molecule has 22 heavy (non-hydrogen) atoms. The van der Waals surface area contributed by atoms with Crippen molar-refractivity contribution in [2.75, 3.05) is 19.6 Å². The third kappa shape index (κ3) is 3.77. The second-order valence-electron chi connectivity index (χ2n) is 6.53. The van der Waals surface area contributed by atoms with Crippen molar-refractivity contribution in [3.05, 3.63) is 41.5 Å². The summed E-state index contributed by atoms with van der Waals surface area (Å²) in [5.74, 6) is 0.376. The summed E-state index contributed by atoms with van der Waals surface area (Å²) in [7, 11) is 0. The lowest BCUT2D eigenvalue weighted by molar-refractivity contribution is -0.119. The molecule has 1 saturated heterocycles. The second kappa shape index (κ2) is 7.10. The van der Waals surface area contributed by atoms with Gasteiger partial charge in [0.05, 0.1) is 6.54 Å². The SMILES string of the molecule is NC(=O)CN1CCC(c2cc[c]c(C3=CCCCC3)c2)CC1. The molecule has 1 aliphatic carbocycles. The number of hydrogen-bond acceptors (Lipinski definition) is 2. The summed E-state index contributed by atoms with van der Waals surface area (Å²) < 4.78 is 0. The van der Waals surface area contributed by atoms with E-state index in [-0.39, 0.29) is 5.91 Å². The molecule has 0 aromatic heterocycles. The maximum atomic E-state index is 11.0. The molecule has 1 heterocycles. The van der Waals surface area contributed by atoms with E-state index in [2.05, 4.69) is 35.2 Å². The fourth-order valence-corrected chi connectivity index (χ4v) is 3.65. The molecule has 0 saturated carbocycles. The van der Waals surface area contributed by atoms with Crippen LogP contribution in [0.2, 0.25) is 0 Å². The number of nitrogens with two attached hydrogens (primary N) is 1. The molecule has 0 bridgehead atoms. The zero-order chi connectivity index (χ0) is 15.4. The highest BCUT2D eigenvalue weighted by atomic mass is 16.1. The van der Waals surface area contributed by atoms with Crippen molar-refractivity contribution in [1.29, 1.82) is 0 Å². The summed E-state index contributed by atoms with van der Waals surface area (Å²) in [6.07, 6.45) is 9.62. The van der Waals surface area contributed by atoms with Crippen LogP contribution in [-0.2, 0) is 4.79 Å². The number of piperidine rings is 1. The van der Waals surface area contributed by atoms with Crippen LogP contribution in [0.4, 0.5) is 0 Å². The van der Waals surface area contributed by atoms with E-state index >= 15 is 0 Å². The number of allylic oxidation sites excluding steroid dienone is 2. The first kappa shape index (κ1) is 15.3. The highest BCUT2D eigenvalue weighted by molar-refractivity contribution is 5.75. The lowest BCUT2D eigenvalue weighted by Crippen LogP contribution is -2.39. The highest BCUT2D eigenvalue weighted by Crippen LogP contribution is 2.32. The first-order valence-electron chi connectivity index (χ1n) is 8.44. The number of benzene rings is 1. The number of nitrogens with zero attached hydrogens (tertiary/aromatic N) is 1. The molecular formula is C19H25N2O. The van der Waals surface area contributed by atoms with Crippen LogP contribution in [0.3, 0.4) is 0 Å². The zero-order valence-electron chi connectivity index (χ0n) is 13.2. The molecule has 1 aromatic carbocycles. The van der Waals surface area contributed by atoms with Gasteiger partial charge < -0.3 is 5.73 Å². The fourth-order valence-electron chi connectivity index (χ4n) is 3.65. The summed E-state index contributed by atoms with van der Waals surface area (Å²) in [6.45, 7) is 2.32. The normalized spacial score (nSPS) is 20.6. The van der Waals surface area contributed by atoms with Gasteiger partial charge in [-0.3, -0.25) is 9.69 Å². The van der Waals surface area contributed by atoms with E-state index in [1.807, 2.05) is 0 Å². The first-order chi connectivity index (χ1) is 10.7. The van der Waals surface area contributed by atoms with Gasteiger partial charge in [-0.1, -0.05) is 24.3 Å². The predicted octanol–water partition coefficient (Wildman–Crippen LogP) is 3.11. The summed E-state index contributed by atoms with van der Waals surface area (Å²) in [4.78, 5) is 13.2. The molecule has 0 spiro atoms. The molecular weight excluding hydrogens is 272 g/mol. The van der Waals surface area contributed by atoms with Gasteiger partial charge in [-0.15, -0.1) is 0 Å². The Hall–Kier alpha value is -1.61. The zero-order valence-corrected chi connectivity index (χ0v) is 13.2. The first-order valence-corrected chi connectivity index (χ1v) is 8.44. The maximum absolute atomic E-state index is 11.0. The van der Waals surface area contributed by atoms with E-state index in [4.69, 9.17) is 5.73 Å². The number of carbonyl (C=O) groups is 1. The molecule has 1 amide bonds. The van der Waals surface area contributed by atoms with Crippen molar-refractivity contribution in [2.45, 2.75) is 44.4 Å². The van der Waals surface area contributed by atoms with Gasteiger partial charge in [0.15, 0.2) is 0 Å². The summed E-state index contributed by atoms with van der Waals surface area (Å²) in [6, 6.07) is 10.0. The van der Waals surface area contributed by atoms with Crippen molar-refractivity contribution < 1.29 is 4.79 Å². The highest BCUT2D eigenvalue weighted by Gasteiger charge is 2.21. The molecule has 1 radical (unpaired) electrons. The van der Waals surface area contributed by atoms with Gasteiger partial charge in [-0.05, 0) is 80.3 Å². The van der Waals surface area contributed by atoms with Crippen LogP contribution in [0.1, 0.15) is 55.6 Å². The minimum atomic E-state index is -0.223. The van der Waals surface area contributed by atoms with Crippen LogP contribution < -0.4 is 5.73 Å². The quantitative estimate of drug-likeness (QED) is 0.928. The molecule has 0 atom stereocenters. The van der Waals surface area contributed by atoms with E-state index in [0.717, 1.165) is 25.9 Å². The van der Waals surface area contributed by atoms with Crippen molar-refractivity contribution >= 4 is 11.5 Å². The molecule has 0 unspecified atom stereocenters. The Morgan fingerprint density at radius 1 is 1.32 bits per heavy atom. The third-order valence-corrected chi connectivity index (χ3v) is 4.90. The topological polar surface area (TPSA) is 46.3 Å². The Kier molecular flexibility index (Phi) is 4.94. The molecule has 1 fully saturated rings. The van der Waals surface area contributed by atoms with E-state index in [1.165, 1.54) is 42.4 Å². The van der Waals surface area contributed by atoms with Crippen molar-refractivity contribution in [1.82, 2.24) is 4.90 Å². The lowest BCUT2D eigenvalue weighted by atomic mass is 9.86. The molecule has 3 nitrogen and oxygen atoms in total. The maximum Gasteiger partial charge on any atom is 0.231 e. The number of rotatable bonds is 4. The standard InChI is InChI=1S/C19H25N2O/c20-19(22)14-21-11-9-16(10-12-21)18-8-4-7-17(13-18)15-5-2-1-3-6-15/h4-5,8,13,16H,1-3,6,9-12,14H2,(H2,20,22). The Morgan fingerprint density at radius 3 is 2.82 bits per heavy atom. The third-order valence-electron chi connectivity index (χ3n) is 4.90. The fraction of sp³-hybridized carbons (Fsp3) is 0.526. The average Bonchev–Trinajstić information content (AvgIpc) is 2.56. The van der Waals surface area contributed by atoms with Gasteiger partial charge >= 0.3 is 0 Å². The van der Waals surface area contributed by atoms with E-state index in [0.29, 0.717) is 12.5 Å². The lowest BCUT2D eigenvalue weighted by Gasteiger charge is -2.31. The van der Waals surface area contributed by atoms with Gasteiger partial charge in [-0.2, -0.15) is 0 Å². The monoisotopic (exact) mass is 297 g/mol. The van der Waals surface area contributed by atoms with Crippen molar-refractivity contribution in [2.24, 2.45) is 5.73 Å². The Bertz CT molecular complexity index is 556. The van der Waals surface area contributed by atoms with Gasteiger partial charge in [0, 0.05) is 0 Å². The predicted molar refractivity (Wildman–Crippen MR) is 89.3 cm³/mol. The van der Waals surface area contributed by atoms with Crippen molar-refractivity contribution in [3.8, 4) is 0 Å². The van der Waals surface area contributed by atoms with Gasteiger partial charge in [0.1, 0.15) is 0 Å². The number of hydrogen-bond donors (Lipinski definition) is 1. The van der Waals surface area contributed by atoms with Crippen LogP contribution >= 0.6 is 0 Å². The van der Waals surface area contributed by atoms with E-state index in [9.17, 15) is 4.79 Å². The van der Waals surface area contributed by atoms with Crippen molar-refractivity contribution in [3.63, 3.8) is 0 Å². The number of amides is 1. The minimum absolute atomic E-state index is 0.223. The Morgan fingerprint density at radius 2 is 2.14 bits per heavy atom. The van der Waals surface area contributed by atoms with Crippen LogP contribution in [0.15, 0.2) is 24.3 Å². The molecule has 1 aliphatic heterocycles. The summed E-state index contributed by atoms with van der Waals surface area (Å²) >= 11 is 0. The number of primary amides is 1. The van der Waals surface area contributed by atoms with Gasteiger partial charge in [0.2, 0.25) is 5.91 Å².